The van der Waals surface area contributed by atoms with Crippen molar-refractivity contribution in [3.8, 4) is 0 Å². The van der Waals surface area contributed by atoms with Gasteiger partial charge in [0.2, 0.25) is 5.91 Å². The highest BCUT2D eigenvalue weighted by Gasteiger charge is 2.18. The molecule has 31 heavy (non-hydrogen) atoms. The average Bonchev–Trinajstić information content (AvgIpc) is 2.69. The minimum absolute atomic E-state index is 0. The highest BCUT2D eigenvalue weighted by Crippen LogP contribution is 2.22. The lowest BCUT2D eigenvalue weighted by Gasteiger charge is -2.35. The molecule has 1 aliphatic rings. The fourth-order valence-corrected chi connectivity index (χ4v) is 3.35. The van der Waals surface area contributed by atoms with Crippen LogP contribution in [0.1, 0.15) is 40.2 Å². The average molecular weight is 548 g/mol. The number of nitrogens with one attached hydrogen (secondary N) is 3. The molecule has 7 nitrogen and oxygen atoms in total. The number of benzene rings is 1. The van der Waals surface area contributed by atoms with Crippen LogP contribution in [0, 0.1) is 5.82 Å². The predicted octanol–water partition coefficient (Wildman–Crippen LogP) is 2.56. The first-order valence-corrected chi connectivity index (χ1v) is 10.8. The Bertz CT molecular complexity index is 729. The Morgan fingerprint density at radius 3 is 2.35 bits per heavy atom. The zero-order valence-electron chi connectivity index (χ0n) is 19.4. The third-order valence-corrected chi connectivity index (χ3v) is 4.87. The van der Waals surface area contributed by atoms with Gasteiger partial charge in [-0.3, -0.25) is 4.79 Å². The summed E-state index contributed by atoms with van der Waals surface area (Å²) in [6, 6.07) is 5.32. The summed E-state index contributed by atoms with van der Waals surface area (Å²) >= 11 is 0. The number of halogens is 2. The molecule has 1 aromatic rings. The highest BCUT2D eigenvalue weighted by molar-refractivity contribution is 14.0. The van der Waals surface area contributed by atoms with Crippen LogP contribution in [0.5, 0.6) is 0 Å². The van der Waals surface area contributed by atoms with E-state index in [1.807, 2.05) is 39.8 Å². The van der Waals surface area contributed by atoms with E-state index in [0.29, 0.717) is 24.7 Å². The fraction of sp³-hybridized carbons (Fsp3) is 0.636. The van der Waals surface area contributed by atoms with Crippen molar-refractivity contribution >= 4 is 41.5 Å². The first-order chi connectivity index (χ1) is 14.2. The van der Waals surface area contributed by atoms with Gasteiger partial charge in [0.05, 0.1) is 18.8 Å². The minimum Gasteiger partial charge on any atom is -0.367 e. The number of carbonyl (C=O) groups is 1. The molecule has 0 unspecified atom stereocenters. The molecule has 0 atom stereocenters. The van der Waals surface area contributed by atoms with Crippen molar-refractivity contribution in [2.24, 2.45) is 4.99 Å². The van der Waals surface area contributed by atoms with Gasteiger partial charge in [0.25, 0.3) is 0 Å². The van der Waals surface area contributed by atoms with E-state index >= 15 is 0 Å². The van der Waals surface area contributed by atoms with E-state index in [-0.39, 0.29) is 47.8 Å². The summed E-state index contributed by atoms with van der Waals surface area (Å²) in [5.41, 5.74) is 1.17. The lowest BCUT2D eigenvalue weighted by Crippen LogP contribution is -2.48. The van der Waals surface area contributed by atoms with Crippen LogP contribution in [0.2, 0.25) is 0 Å². The Morgan fingerprint density at radius 1 is 1.13 bits per heavy atom. The Hall–Kier alpha value is -1.62. The van der Waals surface area contributed by atoms with E-state index in [1.165, 1.54) is 0 Å². The molecule has 3 N–H and O–H groups in total. The number of aliphatic imine (C=N–C) groups is 1. The predicted molar refractivity (Wildman–Crippen MR) is 137 cm³/mol. The minimum atomic E-state index is -0.281. The second-order valence-corrected chi connectivity index (χ2v) is 8.55. The zero-order chi connectivity index (χ0) is 22.1. The van der Waals surface area contributed by atoms with Gasteiger partial charge in [0, 0.05) is 38.3 Å². The molecule has 176 valence electrons. The van der Waals surface area contributed by atoms with Gasteiger partial charge in [-0.25, -0.2) is 9.38 Å². The van der Waals surface area contributed by atoms with Gasteiger partial charge in [0.15, 0.2) is 5.96 Å². The Kier molecular flexibility index (Phi) is 11.5. The molecule has 0 radical (unpaired) electrons. The van der Waals surface area contributed by atoms with Crippen LogP contribution in [0.3, 0.4) is 0 Å². The van der Waals surface area contributed by atoms with E-state index in [9.17, 15) is 9.18 Å². The Balaban J connectivity index is 0.00000480. The second-order valence-electron chi connectivity index (χ2n) is 8.55. The molecule has 1 aliphatic heterocycles. The molecule has 0 aromatic heterocycles. The molecule has 2 rings (SSSR count). The normalized spacial score (nSPS) is 15.3. The van der Waals surface area contributed by atoms with Crippen LogP contribution < -0.4 is 20.9 Å². The SMILES string of the molecule is CCNC(=NCc1ccc(N2CCN(CC)CC2)c(F)c1)NCC(=O)NC(C)(C)C.I. The summed E-state index contributed by atoms with van der Waals surface area (Å²) in [6.45, 7) is 15.7. The van der Waals surface area contributed by atoms with Crippen molar-refractivity contribution < 1.29 is 9.18 Å². The molecule has 1 fully saturated rings. The largest absolute Gasteiger partial charge is 0.367 e. The van der Waals surface area contributed by atoms with Crippen LogP contribution >= 0.6 is 24.0 Å². The third-order valence-electron chi connectivity index (χ3n) is 4.87. The Morgan fingerprint density at radius 2 is 1.81 bits per heavy atom. The van der Waals surface area contributed by atoms with Gasteiger partial charge >= 0.3 is 0 Å². The van der Waals surface area contributed by atoms with Crippen LogP contribution in [0.25, 0.3) is 0 Å². The van der Waals surface area contributed by atoms with E-state index in [2.05, 4.69) is 37.7 Å². The van der Waals surface area contributed by atoms with Crippen LogP contribution in [-0.2, 0) is 11.3 Å². The van der Waals surface area contributed by atoms with Crippen LogP contribution in [0.15, 0.2) is 23.2 Å². The van der Waals surface area contributed by atoms with Gasteiger partial charge < -0.3 is 25.8 Å². The summed E-state index contributed by atoms with van der Waals surface area (Å²) in [5.74, 6) is 0.212. The van der Waals surface area contributed by atoms with E-state index in [1.54, 1.807) is 6.07 Å². The fourth-order valence-electron chi connectivity index (χ4n) is 3.35. The number of piperazine rings is 1. The molecule has 1 aromatic carbocycles. The van der Waals surface area contributed by atoms with Crippen molar-refractivity contribution in [1.29, 1.82) is 0 Å². The zero-order valence-corrected chi connectivity index (χ0v) is 21.8. The maximum Gasteiger partial charge on any atom is 0.239 e. The molecule has 9 heteroatoms. The van der Waals surface area contributed by atoms with Crippen LogP contribution in [-0.4, -0.2) is 68.1 Å². The maximum absolute atomic E-state index is 14.7. The van der Waals surface area contributed by atoms with Crippen molar-refractivity contribution in [3.63, 3.8) is 0 Å². The van der Waals surface area contributed by atoms with Crippen LogP contribution in [0.4, 0.5) is 10.1 Å². The number of rotatable bonds is 7. The molecular formula is C22H38FIN6O. The summed E-state index contributed by atoms with van der Waals surface area (Å²) in [4.78, 5) is 21.0. The van der Waals surface area contributed by atoms with Gasteiger partial charge in [0.1, 0.15) is 5.82 Å². The summed E-state index contributed by atoms with van der Waals surface area (Å²) in [7, 11) is 0. The number of amides is 1. The van der Waals surface area contributed by atoms with Crippen molar-refractivity contribution in [1.82, 2.24) is 20.9 Å². The molecule has 1 saturated heterocycles. The molecule has 1 amide bonds. The van der Waals surface area contributed by atoms with Crippen molar-refractivity contribution in [2.45, 2.75) is 46.7 Å². The lowest BCUT2D eigenvalue weighted by molar-refractivity contribution is -0.121. The first-order valence-electron chi connectivity index (χ1n) is 10.8. The van der Waals surface area contributed by atoms with E-state index in [0.717, 1.165) is 38.3 Å². The smallest absolute Gasteiger partial charge is 0.239 e. The first kappa shape index (κ1) is 27.4. The molecule has 0 saturated carbocycles. The second kappa shape index (κ2) is 13.0. The van der Waals surface area contributed by atoms with Crippen molar-refractivity contribution in [2.75, 3.05) is 50.7 Å². The summed E-state index contributed by atoms with van der Waals surface area (Å²) < 4.78 is 14.7. The molecule has 0 spiro atoms. The molecular weight excluding hydrogens is 510 g/mol. The number of guanidine groups is 1. The van der Waals surface area contributed by atoms with Gasteiger partial charge in [-0.1, -0.05) is 13.0 Å². The molecule has 1 heterocycles. The topological polar surface area (TPSA) is 72.0 Å². The van der Waals surface area contributed by atoms with Gasteiger partial charge in [-0.2, -0.15) is 0 Å². The number of carbonyl (C=O) groups excluding carboxylic acids is 1. The number of hydrogen-bond acceptors (Lipinski definition) is 4. The standard InChI is InChI=1S/C22H37FN6O.HI/c1-6-24-21(26-16-20(30)27-22(3,4)5)25-15-17-8-9-19(18(23)14-17)29-12-10-28(7-2)11-13-29;/h8-9,14H,6-7,10-13,15-16H2,1-5H3,(H,27,30)(H2,24,25,26);1H. The highest BCUT2D eigenvalue weighted by atomic mass is 127. The van der Waals surface area contributed by atoms with Gasteiger partial charge in [-0.15, -0.1) is 24.0 Å². The van der Waals surface area contributed by atoms with E-state index < -0.39 is 0 Å². The summed E-state index contributed by atoms with van der Waals surface area (Å²) in [6.07, 6.45) is 0. The Labute approximate surface area is 203 Å². The van der Waals surface area contributed by atoms with Gasteiger partial charge in [-0.05, 0) is 51.9 Å². The van der Waals surface area contributed by atoms with Crippen molar-refractivity contribution in [3.05, 3.63) is 29.6 Å². The summed E-state index contributed by atoms with van der Waals surface area (Å²) in [5, 5.41) is 9.03. The quantitative estimate of drug-likeness (QED) is 0.278. The maximum atomic E-state index is 14.7. The molecule has 0 aliphatic carbocycles. The number of likely N-dealkylation sites (N-methyl/N-ethyl adjacent to an activating group) is 1. The number of anilines is 1. The van der Waals surface area contributed by atoms with E-state index in [4.69, 9.17) is 0 Å². The number of nitrogens with zero attached hydrogens (tertiary/aromatic N) is 3. The monoisotopic (exact) mass is 548 g/mol. The number of hydrogen-bond donors (Lipinski definition) is 3. The molecule has 0 bridgehead atoms. The third kappa shape index (κ3) is 9.59. The lowest BCUT2D eigenvalue weighted by atomic mass is 10.1.